The van der Waals surface area contributed by atoms with E-state index in [0.717, 1.165) is 23.4 Å². The molecule has 0 amide bonds. The number of halogens is 1. The second-order valence-corrected chi connectivity index (χ2v) is 5.44. The van der Waals surface area contributed by atoms with Crippen LogP contribution in [0, 0.1) is 5.82 Å². The fourth-order valence-corrected chi connectivity index (χ4v) is 3.24. The number of nitrogens with zero attached hydrogens (tertiary/aromatic N) is 1. The Hall–Kier alpha value is -1.07. The first-order valence-electron chi connectivity index (χ1n) is 5.76. The van der Waals surface area contributed by atoms with Gasteiger partial charge in [-0.1, -0.05) is 0 Å². The molecule has 5 heteroatoms. The molecule has 0 bridgehead atoms. The van der Waals surface area contributed by atoms with E-state index < -0.39 is 0 Å². The minimum Gasteiger partial charge on any atom is -0.341 e. The van der Waals surface area contributed by atoms with Crippen molar-refractivity contribution in [2.75, 3.05) is 11.5 Å². The summed E-state index contributed by atoms with van der Waals surface area (Å²) in [5.41, 5.74) is 1.59. The first kappa shape index (κ1) is 11.0. The van der Waals surface area contributed by atoms with E-state index in [1.165, 1.54) is 30.1 Å². The predicted molar refractivity (Wildman–Crippen MR) is 68.6 cm³/mol. The minimum atomic E-state index is -0.229. The average Bonchev–Trinajstić information content (AvgIpc) is 2.94. The van der Waals surface area contributed by atoms with Gasteiger partial charge in [-0.2, -0.15) is 11.8 Å². The molecule has 1 aromatic carbocycles. The van der Waals surface area contributed by atoms with Crippen LogP contribution in [0.1, 0.15) is 12.2 Å². The number of hydrogen-bond acceptors (Lipinski definition) is 3. The molecular formula is C12H14FN3S. The van der Waals surface area contributed by atoms with Crippen LogP contribution in [0.5, 0.6) is 0 Å². The summed E-state index contributed by atoms with van der Waals surface area (Å²) in [6, 6.07) is 5.21. The third-order valence-electron chi connectivity index (χ3n) is 2.98. The zero-order chi connectivity index (χ0) is 11.7. The Labute approximate surface area is 103 Å². The summed E-state index contributed by atoms with van der Waals surface area (Å²) in [6.45, 7) is 0.724. The Kier molecular flexibility index (Phi) is 3.03. The standard InChI is InChI=1S/C12H14FN3S/c13-8-1-2-10-11(5-8)16-12(15-10)6-14-9-3-4-17-7-9/h1-2,5,9,14H,3-4,6-7H2,(H,15,16)/t9-/m0/s1. The van der Waals surface area contributed by atoms with Crippen molar-refractivity contribution in [3.8, 4) is 0 Å². The molecular weight excluding hydrogens is 237 g/mol. The first-order chi connectivity index (χ1) is 8.31. The number of fused-ring (bicyclic) bond motifs is 1. The normalized spacial score (nSPS) is 20.2. The van der Waals surface area contributed by atoms with Gasteiger partial charge < -0.3 is 10.3 Å². The van der Waals surface area contributed by atoms with Gasteiger partial charge in [0.1, 0.15) is 11.6 Å². The molecule has 2 N–H and O–H groups in total. The number of aromatic amines is 1. The van der Waals surface area contributed by atoms with Gasteiger partial charge in [0.25, 0.3) is 0 Å². The Balaban J connectivity index is 1.72. The van der Waals surface area contributed by atoms with Crippen LogP contribution in [0.2, 0.25) is 0 Å². The zero-order valence-electron chi connectivity index (χ0n) is 9.37. The largest absolute Gasteiger partial charge is 0.341 e. The van der Waals surface area contributed by atoms with Crippen molar-refractivity contribution in [3.63, 3.8) is 0 Å². The van der Waals surface area contributed by atoms with E-state index in [4.69, 9.17) is 0 Å². The van der Waals surface area contributed by atoms with Crippen molar-refractivity contribution in [1.82, 2.24) is 15.3 Å². The summed E-state index contributed by atoms with van der Waals surface area (Å²) in [4.78, 5) is 7.56. The van der Waals surface area contributed by atoms with E-state index in [1.807, 2.05) is 11.8 Å². The molecule has 17 heavy (non-hydrogen) atoms. The smallest absolute Gasteiger partial charge is 0.125 e. The van der Waals surface area contributed by atoms with Gasteiger partial charge in [0.15, 0.2) is 0 Å². The van der Waals surface area contributed by atoms with Crippen LogP contribution < -0.4 is 5.32 Å². The number of rotatable bonds is 3. The maximum Gasteiger partial charge on any atom is 0.125 e. The highest BCUT2D eigenvalue weighted by Crippen LogP contribution is 2.18. The molecule has 0 aliphatic carbocycles. The van der Waals surface area contributed by atoms with Crippen LogP contribution in [-0.2, 0) is 6.54 Å². The van der Waals surface area contributed by atoms with Crippen molar-refractivity contribution < 1.29 is 4.39 Å². The maximum absolute atomic E-state index is 13.0. The molecule has 0 radical (unpaired) electrons. The molecule has 1 atom stereocenters. The summed E-state index contributed by atoms with van der Waals surface area (Å²) in [5.74, 6) is 3.06. The first-order valence-corrected chi connectivity index (χ1v) is 6.92. The van der Waals surface area contributed by atoms with E-state index in [0.29, 0.717) is 6.04 Å². The van der Waals surface area contributed by atoms with Gasteiger partial charge in [0.05, 0.1) is 17.6 Å². The molecule has 2 aromatic rings. The zero-order valence-corrected chi connectivity index (χ0v) is 10.2. The molecule has 0 spiro atoms. The predicted octanol–water partition coefficient (Wildman–Crippen LogP) is 2.30. The summed E-state index contributed by atoms with van der Waals surface area (Å²) >= 11 is 1.98. The van der Waals surface area contributed by atoms with E-state index in [-0.39, 0.29) is 5.82 Å². The van der Waals surface area contributed by atoms with Crippen molar-refractivity contribution in [3.05, 3.63) is 29.8 Å². The van der Waals surface area contributed by atoms with Gasteiger partial charge in [-0.3, -0.25) is 0 Å². The molecule has 1 fully saturated rings. The molecule has 0 unspecified atom stereocenters. The number of H-pyrrole nitrogens is 1. The van der Waals surface area contributed by atoms with Gasteiger partial charge in [0, 0.05) is 11.8 Å². The van der Waals surface area contributed by atoms with Gasteiger partial charge in [-0.15, -0.1) is 0 Å². The maximum atomic E-state index is 13.0. The quantitative estimate of drug-likeness (QED) is 0.879. The number of benzene rings is 1. The van der Waals surface area contributed by atoms with Gasteiger partial charge in [0.2, 0.25) is 0 Å². The molecule has 3 nitrogen and oxygen atoms in total. The second kappa shape index (κ2) is 4.66. The Morgan fingerprint density at radius 1 is 1.53 bits per heavy atom. The Bertz CT molecular complexity index is 519. The van der Waals surface area contributed by atoms with Crippen LogP contribution >= 0.6 is 11.8 Å². The molecule has 3 rings (SSSR count). The van der Waals surface area contributed by atoms with Gasteiger partial charge in [-0.05, 0) is 30.4 Å². The molecule has 1 aliphatic rings. The van der Waals surface area contributed by atoms with Crippen LogP contribution in [-0.4, -0.2) is 27.5 Å². The molecule has 0 saturated carbocycles. The highest BCUT2D eigenvalue weighted by Gasteiger charge is 2.15. The lowest BCUT2D eigenvalue weighted by atomic mass is 10.2. The van der Waals surface area contributed by atoms with Crippen LogP contribution in [0.4, 0.5) is 4.39 Å². The van der Waals surface area contributed by atoms with Crippen molar-refractivity contribution in [1.29, 1.82) is 0 Å². The molecule has 90 valence electrons. The summed E-state index contributed by atoms with van der Waals surface area (Å²) in [6.07, 6.45) is 1.22. The van der Waals surface area contributed by atoms with E-state index >= 15 is 0 Å². The van der Waals surface area contributed by atoms with Crippen LogP contribution in [0.15, 0.2) is 18.2 Å². The lowest BCUT2D eigenvalue weighted by Crippen LogP contribution is -2.28. The third-order valence-corrected chi connectivity index (χ3v) is 4.14. The fraction of sp³-hybridized carbons (Fsp3) is 0.417. The summed E-state index contributed by atoms with van der Waals surface area (Å²) < 4.78 is 13.0. The van der Waals surface area contributed by atoms with Crippen molar-refractivity contribution in [2.24, 2.45) is 0 Å². The van der Waals surface area contributed by atoms with E-state index in [1.54, 1.807) is 6.07 Å². The summed E-state index contributed by atoms with van der Waals surface area (Å²) in [5, 5.41) is 3.47. The topological polar surface area (TPSA) is 40.7 Å². The van der Waals surface area contributed by atoms with Crippen molar-refractivity contribution >= 4 is 22.8 Å². The average molecular weight is 251 g/mol. The third kappa shape index (κ3) is 2.45. The number of nitrogens with one attached hydrogen (secondary N) is 2. The monoisotopic (exact) mass is 251 g/mol. The number of hydrogen-bond donors (Lipinski definition) is 2. The SMILES string of the molecule is Fc1ccc2nc(CN[C@H]3CCSC3)[nH]c2c1. The van der Waals surface area contributed by atoms with Crippen molar-refractivity contribution in [2.45, 2.75) is 19.0 Å². The van der Waals surface area contributed by atoms with Gasteiger partial charge in [-0.25, -0.2) is 9.37 Å². The fourth-order valence-electron chi connectivity index (χ4n) is 2.05. The highest BCUT2D eigenvalue weighted by atomic mass is 32.2. The highest BCUT2D eigenvalue weighted by molar-refractivity contribution is 7.99. The number of imidazole rings is 1. The van der Waals surface area contributed by atoms with E-state index in [2.05, 4.69) is 15.3 Å². The molecule has 1 aliphatic heterocycles. The second-order valence-electron chi connectivity index (χ2n) is 4.29. The van der Waals surface area contributed by atoms with E-state index in [9.17, 15) is 4.39 Å². The summed E-state index contributed by atoms with van der Waals surface area (Å²) in [7, 11) is 0. The minimum absolute atomic E-state index is 0.229. The molecule has 2 heterocycles. The lowest BCUT2D eigenvalue weighted by Gasteiger charge is -2.08. The molecule has 1 aromatic heterocycles. The Morgan fingerprint density at radius 3 is 3.29 bits per heavy atom. The Morgan fingerprint density at radius 2 is 2.47 bits per heavy atom. The van der Waals surface area contributed by atoms with Gasteiger partial charge >= 0.3 is 0 Å². The number of thioether (sulfide) groups is 1. The lowest BCUT2D eigenvalue weighted by molar-refractivity contribution is 0.547. The number of aromatic nitrogens is 2. The van der Waals surface area contributed by atoms with Crippen LogP contribution in [0.3, 0.4) is 0 Å². The van der Waals surface area contributed by atoms with Crippen LogP contribution in [0.25, 0.3) is 11.0 Å². The molecule has 1 saturated heterocycles.